The Balaban J connectivity index is 2.27. The van der Waals surface area contributed by atoms with Crippen LogP contribution in [0.1, 0.15) is 61.4 Å². The monoisotopic (exact) mass is 393 g/mol. The van der Waals surface area contributed by atoms with Crippen molar-refractivity contribution in [1.29, 1.82) is 0 Å². The number of esters is 1. The maximum Gasteiger partial charge on any atom is 0.309 e. The second-order valence-corrected chi connectivity index (χ2v) is 7.33. The van der Waals surface area contributed by atoms with Gasteiger partial charge < -0.3 is 14.4 Å². The van der Waals surface area contributed by atoms with Crippen LogP contribution >= 0.6 is 12.6 Å². The molecule has 0 radical (unpaired) electrons. The Morgan fingerprint density at radius 2 is 1.96 bits per heavy atom. The van der Waals surface area contributed by atoms with Crippen LogP contribution in [0.3, 0.4) is 0 Å². The Morgan fingerprint density at radius 3 is 2.59 bits per heavy atom. The van der Waals surface area contributed by atoms with Crippen LogP contribution in [-0.4, -0.2) is 48.8 Å². The molecule has 1 amide bonds. The van der Waals surface area contributed by atoms with Gasteiger partial charge in [0.1, 0.15) is 5.75 Å². The molecule has 6 heteroatoms. The Morgan fingerprint density at radius 1 is 1.22 bits per heavy atom. The van der Waals surface area contributed by atoms with Crippen LogP contribution in [0.4, 0.5) is 0 Å². The van der Waals surface area contributed by atoms with Crippen molar-refractivity contribution in [3.05, 3.63) is 29.3 Å². The van der Waals surface area contributed by atoms with E-state index in [4.69, 9.17) is 9.47 Å². The molecule has 0 N–H and O–H groups in total. The molecule has 0 aromatic heterocycles. The number of carbonyl (C=O) groups is 2. The van der Waals surface area contributed by atoms with E-state index >= 15 is 0 Å². The molecule has 1 aromatic carbocycles. The number of methoxy groups -OCH3 is 1. The topological polar surface area (TPSA) is 55.8 Å². The van der Waals surface area contributed by atoms with Crippen molar-refractivity contribution >= 4 is 24.5 Å². The predicted molar refractivity (Wildman–Crippen MR) is 110 cm³/mol. The summed E-state index contributed by atoms with van der Waals surface area (Å²) in [4.78, 5) is 26.9. The van der Waals surface area contributed by atoms with Crippen LogP contribution in [0.5, 0.6) is 5.75 Å². The minimum absolute atomic E-state index is 0.0109. The number of rotatable bonds is 9. The molecular formula is C21H31NO4S. The van der Waals surface area contributed by atoms with Crippen LogP contribution < -0.4 is 4.74 Å². The first-order chi connectivity index (χ1) is 13.1. The summed E-state index contributed by atoms with van der Waals surface area (Å²) in [5.74, 6) is 0.994. The quantitative estimate of drug-likeness (QED) is 0.511. The highest BCUT2D eigenvalue weighted by Crippen LogP contribution is 2.28. The van der Waals surface area contributed by atoms with E-state index in [1.165, 1.54) is 26.4 Å². The van der Waals surface area contributed by atoms with Crippen LogP contribution in [0.25, 0.3) is 0 Å². The molecule has 1 saturated carbocycles. The first kappa shape index (κ1) is 21.6. The van der Waals surface area contributed by atoms with Gasteiger partial charge in [0.25, 0.3) is 5.91 Å². The molecule has 1 aliphatic carbocycles. The van der Waals surface area contributed by atoms with E-state index in [1.54, 1.807) is 12.1 Å². The molecule has 0 unspecified atom stereocenters. The zero-order valence-corrected chi connectivity index (χ0v) is 17.3. The minimum atomic E-state index is -0.311. The highest BCUT2D eigenvalue weighted by molar-refractivity contribution is 7.80. The van der Waals surface area contributed by atoms with Gasteiger partial charge in [0, 0.05) is 12.6 Å². The molecule has 5 nitrogen and oxygen atoms in total. The minimum Gasteiger partial charge on any atom is -0.493 e. The lowest BCUT2D eigenvalue weighted by atomic mass is 9.93. The summed E-state index contributed by atoms with van der Waals surface area (Å²) in [5, 5.41) is 0. The number of thiol groups is 1. The van der Waals surface area contributed by atoms with E-state index < -0.39 is 0 Å². The lowest BCUT2D eigenvalue weighted by Crippen LogP contribution is -2.42. The summed E-state index contributed by atoms with van der Waals surface area (Å²) in [6, 6.07) is 5.66. The van der Waals surface area contributed by atoms with Gasteiger partial charge in [-0.1, -0.05) is 25.3 Å². The van der Waals surface area contributed by atoms with E-state index in [0.29, 0.717) is 24.5 Å². The largest absolute Gasteiger partial charge is 0.493 e. The summed E-state index contributed by atoms with van der Waals surface area (Å²) in [5.41, 5.74) is 1.34. The second kappa shape index (κ2) is 11.2. The predicted octanol–water partition coefficient (Wildman–Crippen LogP) is 3.90. The second-order valence-electron chi connectivity index (χ2n) is 6.88. The maximum absolute atomic E-state index is 13.4. The van der Waals surface area contributed by atoms with Gasteiger partial charge in [-0.2, -0.15) is 12.6 Å². The lowest BCUT2D eigenvalue weighted by Gasteiger charge is -2.35. The van der Waals surface area contributed by atoms with Crippen LogP contribution in [0.15, 0.2) is 18.2 Å². The SMILES string of the molecule is CCOc1cc(CC(=O)OC)ccc1C(=O)N(CCCS)C1CCCCC1. The number of hydrogen-bond donors (Lipinski definition) is 1. The molecule has 0 aliphatic heterocycles. The maximum atomic E-state index is 13.4. The Bertz CT molecular complexity index is 629. The molecule has 0 bridgehead atoms. The number of benzene rings is 1. The van der Waals surface area contributed by atoms with E-state index in [1.807, 2.05) is 17.9 Å². The van der Waals surface area contributed by atoms with Crippen molar-refractivity contribution in [2.24, 2.45) is 0 Å². The lowest BCUT2D eigenvalue weighted by molar-refractivity contribution is -0.139. The van der Waals surface area contributed by atoms with Crippen LogP contribution in [-0.2, 0) is 16.0 Å². The molecule has 2 rings (SSSR count). The highest BCUT2D eigenvalue weighted by atomic mass is 32.1. The fourth-order valence-corrected chi connectivity index (χ4v) is 3.75. The third-order valence-electron chi connectivity index (χ3n) is 4.99. The third kappa shape index (κ3) is 6.16. The van der Waals surface area contributed by atoms with E-state index in [9.17, 15) is 9.59 Å². The molecule has 1 aromatic rings. The molecule has 1 fully saturated rings. The average molecular weight is 394 g/mol. The summed E-state index contributed by atoms with van der Waals surface area (Å²) >= 11 is 4.32. The number of nitrogens with zero attached hydrogens (tertiary/aromatic N) is 1. The fraction of sp³-hybridized carbons (Fsp3) is 0.619. The van der Waals surface area contributed by atoms with Gasteiger partial charge in [-0.15, -0.1) is 0 Å². The van der Waals surface area contributed by atoms with Gasteiger partial charge in [-0.25, -0.2) is 0 Å². The van der Waals surface area contributed by atoms with E-state index in [0.717, 1.165) is 30.6 Å². The van der Waals surface area contributed by atoms with Crippen molar-refractivity contribution < 1.29 is 19.1 Å². The van der Waals surface area contributed by atoms with Crippen molar-refractivity contribution in [3.63, 3.8) is 0 Å². The fourth-order valence-electron chi connectivity index (χ4n) is 3.61. The molecule has 0 atom stereocenters. The van der Waals surface area contributed by atoms with Gasteiger partial charge >= 0.3 is 5.97 Å². The standard InChI is InChI=1S/C21H31NO4S/c1-3-26-19-14-16(15-20(23)25-2)10-11-18(19)21(24)22(12-7-13-27)17-8-5-4-6-9-17/h10-11,14,17,27H,3-9,12-13,15H2,1-2H3. The van der Waals surface area contributed by atoms with Crippen molar-refractivity contribution in [1.82, 2.24) is 4.90 Å². The van der Waals surface area contributed by atoms with Crippen LogP contribution in [0.2, 0.25) is 0 Å². The molecule has 150 valence electrons. The van der Waals surface area contributed by atoms with Crippen LogP contribution in [0, 0.1) is 0 Å². The normalized spacial score (nSPS) is 14.6. The number of hydrogen-bond acceptors (Lipinski definition) is 5. The first-order valence-electron chi connectivity index (χ1n) is 9.85. The smallest absolute Gasteiger partial charge is 0.309 e. The van der Waals surface area contributed by atoms with Gasteiger partial charge in [0.2, 0.25) is 0 Å². The van der Waals surface area contributed by atoms with Gasteiger partial charge in [0.15, 0.2) is 0 Å². The Kier molecular flexibility index (Phi) is 8.98. The molecule has 27 heavy (non-hydrogen) atoms. The summed E-state index contributed by atoms with van der Waals surface area (Å²) in [6.45, 7) is 3.06. The molecule has 0 spiro atoms. The van der Waals surface area contributed by atoms with Gasteiger partial charge in [-0.3, -0.25) is 9.59 Å². The summed E-state index contributed by atoms with van der Waals surface area (Å²) < 4.78 is 10.5. The Hall–Kier alpha value is -1.69. The zero-order chi connectivity index (χ0) is 19.6. The molecule has 0 heterocycles. The van der Waals surface area contributed by atoms with Gasteiger partial charge in [0.05, 0.1) is 25.7 Å². The number of ether oxygens (including phenoxy) is 2. The van der Waals surface area contributed by atoms with Crippen molar-refractivity contribution in [2.45, 2.75) is 57.9 Å². The molecule has 1 aliphatic rings. The van der Waals surface area contributed by atoms with Crippen molar-refractivity contribution in [2.75, 3.05) is 26.0 Å². The zero-order valence-electron chi connectivity index (χ0n) is 16.4. The molecular weight excluding hydrogens is 362 g/mol. The highest BCUT2D eigenvalue weighted by Gasteiger charge is 2.28. The molecule has 0 saturated heterocycles. The first-order valence-corrected chi connectivity index (χ1v) is 10.5. The Labute approximate surface area is 167 Å². The average Bonchev–Trinajstić information content (AvgIpc) is 2.69. The summed E-state index contributed by atoms with van der Waals surface area (Å²) in [6.07, 6.45) is 6.74. The number of carbonyl (C=O) groups excluding carboxylic acids is 2. The van der Waals surface area contributed by atoms with Gasteiger partial charge in [-0.05, 0) is 49.6 Å². The number of amides is 1. The van der Waals surface area contributed by atoms with E-state index in [-0.39, 0.29) is 24.3 Å². The third-order valence-corrected chi connectivity index (χ3v) is 5.30. The van der Waals surface area contributed by atoms with E-state index in [2.05, 4.69) is 12.6 Å². The van der Waals surface area contributed by atoms with Crippen molar-refractivity contribution in [3.8, 4) is 5.75 Å². The summed E-state index contributed by atoms with van der Waals surface area (Å²) in [7, 11) is 1.37.